The monoisotopic (exact) mass is 385 g/mol. The van der Waals surface area contributed by atoms with Gasteiger partial charge in [0.05, 0.1) is 36.8 Å². The van der Waals surface area contributed by atoms with Crippen molar-refractivity contribution in [2.75, 3.05) is 28.4 Å². The first-order valence-electron chi connectivity index (χ1n) is 7.35. The highest BCUT2D eigenvalue weighted by atomic mass is 35.5. The lowest BCUT2D eigenvalue weighted by atomic mass is 10.1. The molecule has 2 rings (SSSR count). The van der Waals surface area contributed by atoms with Gasteiger partial charge in [-0.2, -0.15) is 4.31 Å². The molecule has 0 saturated heterocycles. The molecule has 25 heavy (non-hydrogen) atoms. The van der Waals surface area contributed by atoms with Crippen molar-refractivity contribution in [2.45, 2.75) is 11.4 Å². The maximum Gasteiger partial charge on any atom is 0.243 e. The van der Waals surface area contributed by atoms with Crippen molar-refractivity contribution < 1.29 is 22.6 Å². The fourth-order valence-electron chi connectivity index (χ4n) is 2.38. The second kappa shape index (κ2) is 7.95. The molecule has 0 radical (unpaired) electrons. The van der Waals surface area contributed by atoms with E-state index in [-0.39, 0.29) is 16.5 Å². The van der Waals surface area contributed by atoms with E-state index in [0.29, 0.717) is 22.8 Å². The molecule has 2 aromatic rings. The molecule has 0 aliphatic rings. The Labute approximate surface area is 152 Å². The number of benzene rings is 2. The highest BCUT2D eigenvalue weighted by Gasteiger charge is 2.24. The molecule has 0 aromatic heterocycles. The van der Waals surface area contributed by atoms with Crippen molar-refractivity contribution in [3.8, 4) is 17.2 Å². The van der Waals surface area contributed by atoms with Gasteiger partial charge in [0.2, 0.25) is 10.0 Å². The summed E-state index contributed by atoms with van der Waals surface area (Å²) in [6.07, 6.45) is 0. The number of hydrogen-bond donors (Lipinski definition) is 0. The molecule has 0 atom stereocenters. The van der Waals surface area contributed by atoms with Gasteiger partial charge in [0.25, 0.3) is 0 Å². The summed E-state index contributed by atoms with van der Waals surface area (Å²) in [6.45, 7) is 0.0825. The van der Waals surface area contributed by atoms with Crippen LogP contribution in [0.25, 0.3) is 0 Å². The van der Waals surface area contributed by atoms with Gasteiger partial charge in [-0.3, -0.25) is 0 Å². The Hall–Kier alpha value is -1.96. The molecule has 0 aliphatic carbocycles. The number of methoxy groups -OCH3 is 3. The molecule has 8 heteroatoms. The Bertz CT molecular complexity index is 832. The second-order valence-corrected chi connectivity index (χ2v) is 7.65. The third-order valence-corrected chi connectivity index (χ3v) is 5.84. The smallest absolute Gasteiger partial charge is 0.243 e. The Morgan fingerprint density at radius 3 is 2.00 bits per heavy atom. The van der Waals surface area contributed by atoms with Crippen LogP contribution in [0.3, 0.4) is 0 Å². The van der Waals surface area contributed by atoms with E-state index in [9.17, 15) is 8.42 Å². The maximum absolute atomic E-state index is 12.8. The molecule has 0 bridgehead atoms. The van der Waals surface area contributed by atoms with Crippen LogP contribution in [0.5, 0.6) is 17.2 Å². The lowest BCUT2D eigenvalue weighted by molar-refractivity contribution is 0.371. The molecule has 0 aliphatic heterocycles. The molecule has 2 aromatic carbocycles. The van der Waals surface area contributed by atoms with Crippen LogP contribution in [0.4, 0.5) is 0 Å². The number of halogens is 1. The highest BCUT2D eigenvalue weighted by molar-refractivity contribution is 7.89. The van der Waals surface area contributed by atoms with E-state index in [4.69, 9.17) is 25.8 Å². The molecule has 0 heterocycles. The van der Waals surface area contributed by atoms with Gasteiger partial charge in [0, 0.05) is 13.6 Å². The number of rotatable bonds is 7. The number of hydrogen-bond acceptors (Lipinski definition) is 5. The molecule has 0 unspecified atom stereocenters. The fourth-order valence-corrected chi connectivity index (χ4v) is 3.87. The lowest BCUT2D eigenvalue weighted by Crippen LogP contribution is -2.27. The standard InChI is InChI=1S/C17H20ClNO5S/c1-19(11-13-15(22-2)6-5-7-16(13)23-3)25(20,21)12-8-9-17(24-4)14(18)10-12/h5-10H,11H2,1-4H3. The van der Waals surface area contributed by atoms with Gasteiger partial charge < -0.3 is 14.2 Å². The van der Waals surface area contributed by atoms with Crippen molar-refractivity contribution >= 4 is 21.6 Å². The van der Waals surface area contributed by atoms with Gasteiger partial charge in [-0.1, -0.05) is 17.7 Å². The van der Waals surface area contributed by atoms with Crippen LogP contribution in [0.1, 0.15) is 5.56 Å². The summed E-state index contributed by atoms with van der Waals surface area (Å²) in [6, 6.07) is 9.62. The zero-order chi connectivity index (χ0) is 18.6. The molecule has 136 valence electrons. The quantitative estimate of drug-likeness (QED) is 0.732. The molecular weight excluding hydrogens is 366 g/mol. The summed E-state index contributed by atoms with van der Waals surface area (Å²) >= 11 is 6.05. The van der Waals surface area contributed by atoms with Crippen LogP contribution >= 0.6 is 11.6 Å². The minimum absolute atomic E-state index is 0.0784. The zero-order valence-electron chi connectivity index (χ0n) is 14.4. The van der Waals surface area contributed by atoms with Crippen molar-refractivity contribution in [1.29, 1.82) is 0 Å². The van der Waals surface area contributed by atoms with E-state index in [1.54, 1.807) is 18.2 Å². The molecule has 6 nitrogen and oxygen atoms in total. The van der Waals surface area contributed by atoms with Gasteiger partial charge in [0.15, 0.2) is 0 Å². The third kappa shape index (κ3) is 4.00. The average Bonchev–Trinajstić information content (AvgIpc) is 2.61. The summed E-state index contributed by atoms with van der Waals surface area (Å²) in [5.41, 5.74) is 0.637. The van der Waals surface area contributed by atoms with Gasteiger partial charge in [-0.15, -0.1) is 0 Å². The minimum Gasteiger partial charge on any atom is -0.496 e. The largest absolute Gasteiger partial charge is 0.496 e. The Morgan fingerprint density at radius 2 is 1.52 bits per heavy atom. The van der Waals surface area contributed by atoms with Crippen molar-refractivity contribution in [1.82, 2.24) is 4.31 Å². The topological polar surface area (TPSA) is 65.1 Å². The van der Waals surface area contributed by atoms with Gasteiger partial charge in [-0.05, 0) is 30.3 Å². The molecule has 0 fully saturated rings. The average molecular weight is 386 g/mol. The van der Waals surface area contributed by atoms with E-state index in [1.165, 1.54) is 50.9 Å². The van der Waals surface area contributed by atoms with Crippen LogP contribution in [-0.2, 0) is 16.6 Å². The SMILES string of the molecule is COc1ccc(S(=O)(=O)N(C)Cc2c(OC)cccc2OC)cc1Cl. The molecule has 0 saturated carbocycles. The Morgan fingerprint density at radius 1 is 0.960 bits per heavy atom. The van der Waals surface area contributed by atoms with Crippen LogP contribution in [0.2, 0.25) is 5.02 Å². The normalized spacial score (nSPS) is 11.4. The van der Waals surface area contributed by atoms with Crippen LogP contribution < -0.4 is 14.2 Å². The van der Waals surface area contributed by atoms with Crippen LogP contribution in [0.15, 0.2) is 41.3 Å². The van der Waals surface area contributed by atoms with E-state index >= 15 is 0 Å². The Balaban J connectivity index is 2.37. The second-order valence-electron chi connectivity index (χ2n) is 5.20. The summed E-state index contributed by atoms with van der Waals surface area (Å²) in [4.78, 5) is 0.0784. The lowest BCUT2D eigenvalue weighted by Gasteiger charge is -2.20. The first-order chi connectivity index (χ1) is 11.8. The third-order valence-electron chi connectivity index (χ3n) is 3.74. The fraction of sp³-hybridized carbons (Fsp3) is 0.294. The van der Waals surface area contributed by atoms with Crippen molar-refractivity contribution in [3.05, 3.63) is 47.0 Å². The molecule has 0 N–H and O–H groups in total. The van der Waals surface area contributed by atoms with Crippen molar-refractivity contribution in [3.63, 3.8) is 0 Å². The van der Waals surface area contributed by atoms with Crippen LogP contribution in [0, 0.1) is 0 Å². The molecule has 0 amide bonds. The predicted octanol–water partition coefficient (Wildman–Crippen LogP) is 3.19. The molecule has 0 spiro atoms. The van der Waals surface area contributed by atoms with Crippen molar-refractivity contribution in [2.24, 2.45) is 0 Å². The van der Waals surface area contributed by atoms with Crippen LogP contribution in [-0.4, -0.2) is 41.1 Å². The Kier molecular flexibility index (Phi) is 6.16. The van der Waals surface area contributed by atoms with Gasteiger partial charge in [-0.25, -0.2) is 8.42 Å². The minimum atomic E-state index is -3.75. The van der Waals surface area contributed by atoms with E-state index in [2.05, 4.69) is 0 Å². The highest BCUT2D eigenvalue weighted by Crippen LogP contribution is 2.32. The van der Waals surface area contributed by atoms with E-state index in [1.807, 2.05) is 0 Å². The van der Waals surface area contributed by atoms with Gasteiger partial charge in [0.1, 0.15) is 17.2 Å². The maximum atomic E-state index is 12.8. The van der Waals surface area contributed by atoms with E-state index in [0.717, 1.165) is 0 Å². The summed E-state index contributed by atoms with van der Waals surface area (Å²) in [5.74, 6) is 1.51. The summed E-state index contributed by atoms with van der Waals surface area (Å²) in [7, 11) is 2.25. The number of sulfonamides is 1. The molecular formula is C17H20ClNO5S. The first-order valence-corrected chi connectivity index (χ1v) is 9.16. The first kappa shape index (κ1) is 19.4. The predicted molar refractivity (Wildman–Crippen MR) is 96.2 cm³/mol. The summed E-state index contributed by atoms with van der Waals surface area (Å²) in [5, 5.41) is 0.229. The number of ether oxygens (including phenoxy) is 3. The zero-order valence-corrected chi connectivity index (χ0v) is 16.0. The summed E-state index contributed by atoms with van der Waals surface area (Å²) < 4.78 is 42.6. The number of nitrogens with zero attached hydrogens (tertiary/aromatic N) is 1. The van der Waals surface area contributed by atoms with Gasteiger partial charge >= 0.3 is 0 Å². The van der Waals surface area contributed by atoms with E-state index < -0.39 is 10.0 Å².